The Hall–Kier alpha value is -3.19. The molecule has 0 fully saturated rings. The van der Waals surface area contributed by atoms with Crippen molar-refractivity contribution in [3.8, 4) is 5.75 Å². The van der Waals surface area contributed by atoms with Crippen LogP contribution in [0.5, 0.6) is 5.75 Å². The van der Waals surface area contributed by atoms with Crippen LogP contribution in [-0.2, 0) is 27.5 Å². The fourth-order valence-corrected chi connectivity index (χ4v) is 4.87. The Kier molecular flexibility index (Phi) is 5.94. The van der Waals surface area contributed by atoms with E-state index in [1.165, 1.54) is 12.1 Å². The molecule has 0 aliphatic carbocycles. The van der Waals surface area contributed by atoms with Crippen LogP contribution in [0.1, 0.15) is 27.8 Å². The van der Waals surface area contributed by atoms with Gasteiger partial charge in [0.15, 0.2) is 0 Å². The number of phenolic OH excluding ortho intramolecular Hbond substituents is 1. The topological polar surface area (TPSA) is 91.7 Å². The van der Waals surface area contributed by atoms with E-state index in [1.807, 2.05) is 26.0 Å². The van der Waals surface area contributed by atoms with Crippen molar-refractivity contribution < 1.29 is 27.8 Å². The summed E-state index contributed by atoms with van der Waals surface area (Å²) in [5, 5.41) is 19.2. The van der Waals surface area contributed by atoms with E-state index in [2.05, 4.69) is 0 Å². The summed E-state index contributed by atoms with van der Waals surface area (Å²) < 4.78 is 39.0. The van der Waals surface area contributed by atoms with Crippen molar-refractivity contribution in [1.82, 2.24) is 0 Å². The van der Waals surface area contributed by atoms with Gasteiger partial charge in [0, 0.05) is 0 Å². The summed E-state index contributed by atoms with van der Waals surface area (Å²) >= 11 is 0. The first-order valence-corrected chi connectivity index (χ1v) is 10.7. The summed E-state index contributed by atoms with van der Waals surface area (Å²) in [7, 11) is -4.02. The van der Waals surface area contributed by atoms with Crippen LogP contribution in [0.3, 0.4) is 0 Å². The predicted octanol–water partition coefficient (Wildman–Crippen LogP) is 4.20. The minimum Gasteiger partial charge on any atom is -0.507 e. The quantitative estimate of drug-likeness (QED) is 0.574. The highest BCUT2D eigenvalue weighted by atomic mass is 32.2. The lowest BCUT2D eigenvalue weighted by Gasteiger charge is -2.14. The SMILES string of the molecule is Cc1cc(CC(=O)O)cc(C)c1Cc1ccc(O)c(S(=O)(=O)c2ccc(F)cc2)c1. The molecule has 0 atom stereocenters. The molecule has 0 spiro atoms. The third-order valence-corrected chi connectivity index (χ3v) is 6.73. The second kappa shape index (κ2) is 8.28. The number of rotatable bonds is 6. The number of halogens is 1. The third kappa shape index (κ3) is 4.52. The zero-order valence-corrected chi connectivity index (χ0v) is 17.3. The highest BCUT2D eigenvalue weighted by molar-refractivity contribution is 7.91. The molecule has 0 aliphatic heterocycles. The van der Waals surface area contributed by atoms with Gasteiger partial charge in [-0.1, -0.05) is 18.2 Å². The maximum Gasteiger partial charge on any atom is 0.307 e. The van der Waals surface area contributed by atoms with Crippen LogP contribution in [0, 0.1) is 19.7 Å². The van der Waals surface area contributed by atoms with Gasteiger partial charge in [-0.05, 0) is 84.5 Å². The minimum absolute atomic E-state index is 0.0682. The Morgan fingerprint density at radius 1 is 0.933 bits per heavy atom. The van der Waals surface area contributed by atoms with E-state index in [4.69, 9.17) is 5.11 Å². The summed E-state index contributed by atoms with van der Waals surface area (Å²) in [5.74, 6) is -1.84. The number of aliphatic carboxylic acids is 1. The molecular formula is C23H21FO5S. The number of hydrogen-bond acceptors (Lipinski definition) is 4. The van der Waals surface area contributed by atoms with Gasteiger partial charge < -0.3 is 10.2 Å². The first-order chi connectivity index (χ1) is 14.1. The van der Waals surface area contributed by atoms with E-state index >= 15 is 0 Å². The van der Waals surface area contributed by atoms with Crippen LogP contribution in [0.25, 0.3) is 0 Å². The second-order valence-corrected chi connectivity index (χ2v) is 9.13. The number of aryl methyl sites for hydroxylation is 2. The van der Waals surface area contributed by atoms with Gasteiger partial charge in [-0.25, -0.2) is 12.8 Å². The molecule has 3 rings (SSSR count). The summed E-state index contributed by atoms with van der Waals surface area (Å²) in [6, 6.07) is 12.4. The van der Waals surface area contributed by atoms with Crippen molar-refractivity contribution in [2.45, 2.75) is 36.5 Å². The van der Waals surface area contributed by atoms with Crippen molar-refractivity contribution in [3.05, 3.63) is 88.2 Å². The van der Waals surface area contributed by atoms with Crippen molar-refractivity contribution >= 4 is 15.8 Å². The number of sulfone groups is 1. The van der Waals surface area contributed by atoms with Crippen LogP contribution in [-0.4, -0.2) is 24.6 Å². The number of carboxylic acids is 1. The highest BCUT2D eigenvalue weighted by Crippen LogP contribution is 2.31. The molecule has 3 aromatic carbocycles. The molecule has 30 heavy (non-hydrogen) atoms. The predicted molar refractivity (Wildman–Crippen MR) is 110 cm³/mol. The molecular weight excluding hydrogens is 407 g/mol. The molecule has 0 amide bonds. The fraction of sp³-hybridized carbons (Fsp3) is 0.174. The Bertz CT molecular complexity index is 1190. The summed E-state index contributed by atoms with van der Waals surface area (Å²) in [6.45, 7) is 3.76. The smallest absolute Gasteiger partial charge is 0.307 e. The van der Waals surface area contributed by atoms with E-state index in [1.54, 1.807) is 6.07 Å². The lowest BCUT2D eigenvalue weighted by molar-refractivity contribution is -0.136. The van der Waals surface area contributed by atoms with Gasteiger partial charge in [-0.15, -0.1) is 0 Å². The Morgan fingerprint density at radius 3 is 2.10 bits per heavy atom. The average Bonchev–Trinajstić information content (AvgIpc) is 2.65. The van der Waals surface area contributed by atoms with Crippen LogP contribution in [0.15, 0.2) is 64.4 Å². The molecule has 3 aromatic rings. The first-order valence-electron chi connectivity index (χ1n) is 9.21. The Balaban J connectivity index is 1.98. The maximum absolute atomic E-state index is 13.2. The minimum atomic E-state index is -4.02. The van der Waals surface area contributed by atoms with Crippen molar-refractivity contribution in [3.63, 3.8) is 0 Å². The second-order valence-electron chi connectivity index (χ2n) is 7.21. The van der Waals surface area contributed by atoms with Gasteiger partial charge in [-0.2, -0.15) is 0 Å². The van der Waals surface area contributed by atoms with Crippen LogP contribution in [0.2, 0.25) is 0 Å². The number of phenols is 1. The van der Waals surface area contributed by atoms with Gasteiger partial charge >= 0.3 is 5.97 Å². The van der Waals surface area contributed by atoms with Crippen molar-refractivity contribution in [2.24, 2.45) is 0 Å². The molecule has 0 radical (unpaired) electrons. The van der Waals surface area contributed by atoms with E-state index in [9.17, 15) is 22.7 Å². The van der Waals surface area contributed by atoms with Gasteiger partial charge in [0.25, 0.3) is 0 Å². The standard InChI is InChI=1S/C23H21FO5S/c1-14-9-17(13-23(26)27)10-15(2)20(14)11-16-3-8-21(25)22(12-16)30(28,29)19-6-4-18(24)5-7-19/h3-10,12,25H,11,13H2,1-2H3,(H,26,27). The monoisotopic (exact) mass is 428 g/mol. The fourth-order valence-electron chi connectivity index (χ4n) is 3.47. The molecule has 156 valence electrons. The molecule has 0 aromatic heterocycles. The summed E-state index contributed by atoms with van der Waals surface area (Å²) in [4.78, 5) is 10.6. The van der Waals surface area contributed by atoms with Crippen LogP contribution >= 0.6 is 0 Å². The molecule has 2 N–H and O–H groups in total. The van der Waals surface area contributed by atoms with Gasteiger partial charge in [0.05, 0.1) is 11.3 Å². The van der Waals surface area contributed by atoms with E-state index < -0.39 is 21.6 Å². The number of benzene rings is 3. The molecule has 0 bridgehead atoms. The van der Waals surface area contributed by atoms with Gasteiger partial charge in [0.2, 0.25) is 9.84 Å². The molecule has 0 saturated carbocycles. The molecule has 0 heterocycles. The van der Waals surface area contributed by atoms with Gasteiger partial charge in [0.1, 0.15) is 16.5 Å². The number of aromatic hydroxyl groups is 1. The Labute approximate surface area is 174 Å². The first kappa shape index (κ1) is 21.5. The van der Waals surface area contributed by atoms with Gasteiger partial charge in [-0.3, -0.25) is 4.79 Å². The number of carboxylic acid groups (broad SMARTS) is 1. The molecule has 5 nitrogen and oxygen atoms in total. The number of hydrogen-bond donors (Lipinski definition) is 2. The molecule has 0 saturated heterocycles. The van der Waals surface area contributed by atoms with Crippen molar-refractivity contribution in [2.75, 3.05) is 0 Å². The zero-order chi connectivity index (χ0) is 22.1. The summed E-state index contributed by atoms with van der Waals surface area (Å²) in [5.41, 5.74) is 4.14. The number of carbonyl (C=O) groups is 1. The largest absolute Gasteiger partial charge is 0.507 e. The summed E-state index contributed by atoms with van der Waals surface area (Å²) in [6.07, 6.45) is 0.346. The Morgan fingerprint density at radius 2 is 1.53 bits per heavy atom. The highest BCUT2D eigenvalue weighted by Gasteiger charge is 2.22. The molecule has 7 heteroatoms. The zero-order valence-electron chi connectivity index (χ0n) is 16.5. The normalized spacial score (nSPS) is 11.4. The third-order valence-electron chi connectivity index (χ3n) is 4.93. The van der Waals surface area contributed by atoms with E-state index in [0.717, 1.165) is 41.0 Å². The lowest BCUT2D eigenvalue weighted by Crippen LogP contribution is -2.05. The molecule has 0 aliphatic rings. The maximum atomic E-state index is 13.2. The molecule has 0 unspecified atom stereocenters. The van der Waals surface area contributed by atoms with E-state index in [-0.39, 0.29) is 22.0 Å². The average molecular weight is 428 g/mol. The van der Waals surface area contributed by atoms with E-state index in [0.29, 0.717) is 17.5 Å². The van der Waals surface area contributed by atoms with Crippen LogP contribution < -0.4 is 0 Å². The lowest BCUT2D eigenvalue weighted by atomic mass is 9.93. The van der Waals surface area contributed by atoms with Crippen molar-refractivity contribution in [1.29, 1.82) is 0 Å². The van der Waals surface area contributed by atoms with Crippen LogP contribution in [0.4, 0.5) is 4.39 Å².